The van der Waals surface area contributed by atoms with Crippen LogP contribution in [0.25, 0.3) is 0 Å². The summed E-state index contributed by atoms with van der Waals surface area (Å²) in [5.41, 5.74) is 0. The number of hydrogen-bond acceptors (Lipinski definition) is 3. The molecule has 1 aromatic rings. The summed E-state index contributed by atoms with van der Waals surface area (Å²) in [7, 11) is 1.60. The van der Waals surface area contributed by atoms with Gasteiger partial charge in [-0.15, -0.1) is 12.4 Å². The van der Waals surface area contributed by atoms with Crippen molar-refractivity contribution in [1.82, 2.24) is 19.8 Å². The van der Waals surface area contributed by atoms with E-state index in [9.17, 15) is 13.6 Å². The molecule has 1 aliphatic heterocycles. The third-order valence-corrected chi connectivity index (χ3v) is 2.84. The molecule has 18 heavy (non-hydrogen) atoms. The van der Waals surface area contributed by atoms with Crippen LogP contribution in [0.5, 0.6) is 0 Å². The molecule has 0 spiro atoms. The van der Waals surface area contributed by atoms with Gasteiger partial charge < -0.3 is 10.2 Å². The van der Waals surface area contributed by atoms with Gasteiger partial charge in [0.1, 0.15) is 5.82 Å². The van der Waals surface area contributed by atoms with E-state index in [1.165, 1.54) is 17.3 Å². The Morgan fingerprint density at radius 2 is 2.33 bits per heavy atom. The van der Waals surface area contributed by atoms with Crippen LogP contribution in [0.1, 0.15) is 12.4 Å². The fraction of sp³-hybridized carbons (Fsp3) is 0.600. The van der Waals surface area contributed by atoms with E-state index in [0.29, 0.717) is 13.1 Å². The summed E-state index contributed by atoms with van der Waals surface area (Å²) < 4.78 is 25.9. The summed E-state index contributed by atoms with van der Waals surface area (Å²) in [6.07, 6.45) is 2.52. The lowest BCUT2D eigenvalue weighted by atomic mass is 10.0. The zero-order valence-corrected chi connectivity index (χ0v) is 10.7. The van der Waals surface area contributed by atoms with Gasteiger partial charge in [0, 0.05) is 32.5 Å². The molecule has 1 saturated heterocycles. The van der Waals surface area contributed by atoms with Crippen molar-refractivity contribution in [2.45, 2.75) is 13.1 Å². The van der Waals surface area contributed by atoms with Gasteiger partial charge in [0.25, 0.3) is 0 Å². The van der Waals surface area contributed by atoms with Crippen molar-refractivity contribution >= 4 is 18.3 Å². The summed E-state index contributed by atoms with van der Waals surface area (Å²) in [5.74, 6) is 0.130. The van der Waals surface area contributed by atoms with Gasteiger partial charge in [-0.3, -0.25) is 9.36 Å². The zero-order chi connectivity index (χ0) is 12.4. The molecule has 1 amide bonds. The standard InChI is InChI=1S/C10H14F2N4O.ClH/c1-15(9(17)7-4-13-5-7)6-8-14-2-3-16(8)10(11)12;/h2-3,7,10,13H,4-6H2,1H3;1H. The number of hydrogen-bond donors (Lipinski definition) is 1. The largest absolute Gasteiger partial charge is 0.338 e. The molecule has 1 N–H and O–H groups in total. The maximum Gasteiger partial charge on any atom is 0.319 e. The van der Waals surface area contributed by atoms with Crippen molar-refractivity contribution in [2.75, 3.05) is 20.1 Å². The van der Waals surface area contributed by atoms with Crippen LogP contribution in [-0.4, -0.2) is 40.5 Å². The average Bonchev–Trinajstić information content (AvgIpc) is 2.62. The van der Waals surface area contributed by atoms with Crippen molar-refractivity contribution in [2.24, 2.45) is 5.92 Å². The Bertz CT molecular complexity index is 408. The lowest BCUT2D eigenvalue weighted by molar-refractivity contribution is -0.136. The van der Waals surface area contributed by atoms with E-state index in [0.717, 1.165) is 4.57 Å². The van der Waals surface area contributed by atoms with Gasteiger partial charge in [-0.2, -0.15) is 8.78 Å². The molecule has 1 aromatic heterocycles. The number of aromatic nitrogens is 2. The predicted octanol–water partition coefficient (Wildman–Crippen LogP) is 0.878. The molecule has 0 radical (unpaired) electrons. The molecule has 2 heterocycles. The Morgan fingerprint density at radius 1 is 1.67 bits per heavy atom. The van der Waals surface area contributed by atoms with E-state index in [-0.39, 0.29) is 36.6 Å². The van der Waals surface area contributed by atoms with Crippen LogP contribution >= 0.6 is 12.4 Å². The second-order valence-electron chi connectivity index (χ2n) is 4.08. The van der Waals surface area contributed by atoms with Gasteiger partial charge in [0.15, 0.2) is 0 Å². The number of carbonyl (C=O) groups excluding carboxylic acids is 1. The number of carbonyl (C=O) groups is 1. The van der Waals surface area contributed by atoms with Gasteiger partial charge >= 0.3 is 6.55 Å². The Labute approximate surface area is 110 Å². The molecule has 0 saturated carbocycles. The summed E-state index contributed by atoms with van der Waals surface area (Å²) in [5, 5.41) is 3.00. The Morgan fingerprint density at radius 3 is 2.83 bits per heavy atom. The highest BCUT2D eigenvalue weighted by molar-refractivity contribution is 5.85. The highest BCUT2D eigenvalue weighted by Crippen LogP contribution is 2.15. The average molecular weight is 281 g/mol. The van der Waals surface area contributed by atoms with Crippen LogP contribution in [0.4, 0.5) is 8.78 Å². The Hall–Kier alpha value is -1.21. The molecule has 0 aliphatic carbocycles. The van der Waals surface area contributed by atoms with Gasteiger partial charge in [0.2, 0.25) is 5.91 Å². The highest BCUT2D eigenvalue weighted by atomic mass is 35.5. The molecule has 0 unspecified atom stereocenters. The van der Waals surface area contributed by atoms with E-state index >= 15 is 0 Å². The van der Waals surface area contributed by atoms with Crippen LogP contribution in [-0.2, 0) is 11.3 Å². The van der Waals surface area contributed by atoms with Gasteiger partial charge in [-0.05, 0) is 0 Å². The minimum atomic E-state index is -2.62. The number of nitrogens with one attached hydrogen (secondary N) is 1. The molecule has 0 bridgehead atoms. The fourth-order valence-electron chi connectivity index (χ4n) is 1.71. The quantitative estimate of drug-likeness (QED) is 0.891. The first-order valence-electron chi connectivity index (χ1n) is 5.35. The summed E-state index contributed by atoms with van der Waals surface area (Å²) in [6.45, 7) is -1.20. The van der Waals surface area contributed by atoms with Gasteiger partial charge in [-0.25, -0.2) is 4.98 Å². The zero-order valence-electron chi connectivity index (χ0n) is 9.84. The maximum atomic E-state index is 12.6. The van der Waals surface area contributed by atoms with E-state index in [2.05, 4.69) is 10.3 Å². The first-order chi connectivity index (χ1) is 8.09. The van der Waals surface area contributed by atoms with Crippen molar-refractivity contribution < 1.29 is 13.6 Å². The van der Waals surface area contributed by atoms with Crippen LogP contribution in [0.2, 0.25) is 0 Å². The van der Waals surface area contributed by atoms with E-state index in [1.54, 1.807) is 7.05 Å². The molecule has 2 rings (SSSR count). The summed E-state index contributed by atoms with van der Waals surface area (Å²) >= 11 is 0. The molecule has 8 heteroatoms. The topological polar surface area (TPSA) is 50.2 Å². The number of nitrogens with zero attached hydrogens (tertiary/aromatic N) is 3. The first-order valence-corrected chi connectivity index (χ1v) is 5.35. The molecule has 0 aromatic carbocycles. The van der Waals surface area contributed by atoms with E-state index in [1.807, 2.05) is 0 Å². The lowest BCUT2D eigenvalue weighted by Crippen LogP contribution is -2.51. The van der Waals surface area contributed by atoms with Crippen molar-refractivity contribution in [3.63, 3.8) is 0 Å². The molecular weight excluding hydrogens is 266 g/mol. The third kappa shape index (κ3) is 2.97. The molecule has 1 aliphatic rings. The lowest BCUT2D eigenvalue weighted by Gasteiger charge is -2.30. The molecule has 102 valence electrons. The summed E-state index contributed by atoms with van der Waals surface area (Å²) in [4.78, 5) is 17.1. The van der Waals surface area contributed by atoms with E-state index in [4.69, 9.17) is 0 Å². The van der Waals surface area contributed by atoms with Crippen molar-refractivity contribution in [3.05, 3.63) is 18.2 Å². The number of rotatable bonds is 4. The molecule has 5 nitrogen and oxygen atoms in total. The van der Waals surface area contributed by atoms with Crippen molar-refractivity contribution in [1.29, 1.82) is 0 Å². The number of halogens is 3. The second kappa shape index (κ2) is 6.10. The number of alkyl halides is 2. The monoisotopic (exact) mass is 280 g/mol. The van der Waals surface area contributed by atoms with Gasteiger partial charge in [0.05, 0.1) is 12.5 Å². The minimum absolute atomic E-state index is 0. The molecule has 1 fully saturated rings. The van der Waals surface area contributed by atoms with Crippen LogP contribution in [0, 0.1) is 5.92 Å². The molecule has 0 atom stereocenters. The van der Waals surface area contributed by atoms with Gasteiger partial charge in [-0.1, -0.05) is 0 Å². The Kier molecular flexibility index (Phi) is 5.03. The fourth-order valence-corrected chi connectivity index (χ4v) is 1.71. The minimum Gasteiger partial charge on any atom is -0.338 e. The summed E-state index contributed by atoms with van der Waals surface area (Å²) in [6, 6.07) is 0. The SMILES string of the molecule is CN(Cc1nccn1C(F)F)C(=O)C1CNC1.Cl. The highest BCUT2D eigenvalue weighted by Gasteiger charge is 2.28. The van der Waals surface area contributed by atoms with Crippen LogP contribution in [0.3, 0.4) is 0 Å². The number of imidazole rings is 1. The Balaban J connectivity index is 0.00000162. The normalized spacial score (nSPS) is 15.1. The predicted molar refractivity (Wildman–Crippen MR) is 63.6 cm³/mol. The molecular formula is C10H15ClF2N4O. The first kappa shape index (κ1) is 14.8. The van der Waals surface area contributed by atoms with Crippen LogP contribution in [0.15, 0.2) is 12.4 Å². The van der Waals surface area contributed by atoms with E-state index < -0.39 is 6.55 Å². The van der Waals surface area contributed by atoms with Crippen LogP contribution < -0.4 is 5.32 Å². The van der Waals surface area contributed by atoms with Crippen molar-refractivity contribution in [3.8, 4) is 0 Å². The number of amides is 1. The smallest absolute Gasteiger partial charge is 0.319 e. The third-order valence-electron chi connectivity index (χ3n) is 2.84. The second-order valence-corrected chi connectivity index (χ2v) is 4.08. The maximum absolute atomic E-state index is 12.6.